The third-order valence-electron chi connectivity index (χ3n) is 6.34. The van der Waals surface area contributed by atoms with Crippen molar-refractivity contribution in [3.63, 3.8) is 0 Å². The molecule has 0 spiro atoms. The van der Waals surface area contributed by atoms with Gasteiger partial charge in [0.25, 0.3) is 5.91 Å². The number of aryl methyl sites for hydroxylation is 1. The van der Waals surface area contributed by atoms with Crippen molar-refractivity contribution < 1.29 is 14.6 Å². The van der Waals surface area contributed by atoms with Crippen LogP contribution in [0.5, 0.6) is 0 Å². The SMILES string of the molecule is Cc1cccc(NC(=O)C[NH+]2CC[NH+](Cn3nc(C4CC4)n(C)c3=S)CC2)c1C. The van der Waals surface area contributed by atoms with E-state index in [0.717, 1.165) is 54.7 Å². The maximum atomic E-state index is 12.5. The van der Waals surface area contributed by atoms with Gasteiger partial charge >= 0.3 is 0 Å². The number of hydrogen-bond acceptors (Lipinski definition) is 3. The molecule has 2 fully saturated rings. The van der Waals surface area contributed by atoms with Crippen LogP contribution in [0, 0.1) is 18.6 Å². The zero-order valence-electron chi connectivity index (χ0n) is 17.6. The van der Waals surface area contributed by atoms with Crippen molar-refractivity contribution in [3.8, 4) is 0 Å². The van der Waals surface area contributed by atoms with E-state index in [1.165, 1.54) is 28.2 Å². The first-order valence-corrected chi connectivity index (χ1v) is 11.0. The van der Waals surface area contributed by atoms with E-state index < -0.39 is 0 Å². The Hall–Kier alpha value is -2.03. The molecule has 1 aromatic heterocycles. The highest BCUT2D eigenvalue weighted by molar-refractivity contribution is 7.71. The Labute approximate surface area is 177 Å². The second-order valence-electron chi connectivity index (χ2n) is 8.60. The molecule has 0 unspecified atom stereocenters. The highest BCUT2D eigenvalue weighted by Crippen LogP contribution is 2.38. The molecule has 2 aliphatic rings. The molecule has 1 aliphatic heterocycles. The van der Waals surface area contributed by atoms with Crippen LogP contribution in [0.1, 0.15) is 35.7 Å². The number of benzene rings is 1. The fourth-order valence-electron chi connectivity index (χ4n) is 4.12. The van der Waals surface area contributed by atoms with Gasteiger partial charge in [-0.1, -0.05) is 12.1 Å². The fourth-order valence-corrected chi connectivity index (χ4v) is 4.32. The molecule has 1 saturated heterocycles. The Morgan fingerprint density at radius 2 is 1.90 bits per heavy atom. The first kappa shape index (κ1) is 20.3. The van der Waals surface area contributed by atoms with Crippen LogP contribution in [0.3, 0.4) is 0 Å². The Morgan fingerprint density at radius 3 is 2.59 bits per heavy atom. The minimum Gasteiger partial charge on any atom is -0.321 e. The molecule has 8 heteroatoms. The topological polar surface area (TPSA) is 60.7 Å². The minimum atomic E-state index is 0.0955. The van der Waals surface area contributed by atoms with Crippen molar-refractivity contribution in [1.29, 1.82) is 0 Å². The van der Waals surface area contributed by atoms with Crippen molar-refractivity contribution in [2.75, 3.05) is 38.0 Å². The van der Waals surface area contributed by atoms with E-state index in [2.05, 4.69) is 29.8 Å². The highest BCUT2D eigenvalue weighted by atomic mass is 32.1. The number of amides is 1. The molecular weight excluding hydrogens is 384 g/mol. The van der Waals surface area contributed by atoms with Gasteiger partial charge in [0.05, 0.1) is 0 Å². The average molecular weight is 417 g/mol. The van der Waals surface area contributed by atoms with Crippen LogP contribution in [-0.2, 0) is 18.5 Å². The summed E-state index contributed by atoms with van der Waals surface area (Å²) in [6.45, 7) is 9.51. The average Bonchev–Trinajstić information content (AvgIpc) is 3.50. The predicted molar refractivity (Wildman–Crippen MR) is 115 cm³/mol. The number of nitrogens with zero attached hydrogens (tertiary/aromatic N) is 3. The molecule has 156 valence electrons. The van der Waals surface area contributed by atoms with Crippen LogP contribution in [-0.4, -0.2) is 53.0 Å². The lowest BCUT2D eigenvalue weighted by Crippen LogP contribution is -3.28. The summed E-state index contributed by atoms with van der Waals surface area (Å²) >= 11 is 5.58. The molecule has 7 nitrogen and oxygen atoms in total. The Morgan fingerprint density at radius 1 is 1.21 bits per heavy atom. The molecule has 3 N–H and O–H groups in total. The summed E-state index contributed by atoms with van der Waals surface area (Å²) < 4.78 is 4.89. The molecule has 1 aromatic carbocycles. The van der Waals surface area contributed by atoms with Crippen molar-refractivity contribution in [3.05, 3.63) is 39.9 Å². The smallest absolute Gasteiger partial charge is 0.279 e. The van der Waals surface area contributed by atoms with E-state index in [0.29, 0.717) is 12.5 Å². The number of anilines is 1. The molecule has 0 atom stereocenters. The van der Waals surface area contributed by atoms with Crippen LogP contribution in [0.25, 0.3) is 0 Å². The van der Waals surface area contributed by atoms with Crippen molar-refractivity contribution in [1.82, 2.24) is 14.3 Å². The van der Waals surface area contributed by atoms with E-state index in [1.54, 1.807) is 0 Å². The lowest BCUT2D eigenvalue weighted by Gasteiger charge is -2.29. The molecule has 0 radical (unpaired) electrons. The second kappa shape index (κ2) is 8.38. The predicted octanol–water partition coefficient (Wildman–Crippen LogP) is -0.175. The van der Waals surface area contributed by atoms with E-state index >= 15 is 0 Å². The minimum absolute atomic E-state index is 0.0955. The molecule has 2 heterocycles. The third kappa shape index (κ3) is 4.60. The van der Waals surface area contributed by atoms with Crippen LogP contribution in [0.15, 0.2) is 18.2 Å². The third-order valence-corrected chi connectivity index (χ3v) is 6.83. The zero-order chi connectivity index (χ0) is 20.5. The Balaban J connectivity index is 1.27. The monoisotopic (exact) mass is 416 g/mol. The first-order chi connectivity index (χ1) is 13.9. The molecule has 1 saturated carbocycles. The number of rotatable bonds is 6. The molecule has 1 aliphatic carbocycles. The number of carbonyl (C=O) groups excluding carboxylic acids is 1. The molecule has 4 rings (SSSR count). The van der Waals surface area contributed by atoms with E-state index in [-0.39, 0.29) is 5.91 Å². The summed E-state index contributed by atoms with van der Waals surface area (Å²) in [7, 11) is 2.03. The standard InChI is InChI=1S/C21H30N6OS/c1-15-5-4-6-18(16(15)2)22-19(28)13-25-9-11-26(12-10-25)14-27-21(29)24(3)20(23-27)17-7-8-17/h4-6,17H,7-14H2,1-3H3,(H,22,28)/p+2. The summed E-state index contributed by atoms with van der Waals surface area (Å²) in [5.74, 6) is 1.84. The van der Waals surface area contributed by atoms with Crippen LogP contribution >= 0.6 is 12.2 Å². The van der Waals surface area contributed by atoms with Gasteiger partial charge in [0.15, 0.2) is 13.2 Å². The summed E-state index contributed by atoms with van der Waals surface area (Å²) in [6.07, 6.45) is 2.47. The van der Waals surface area contributed by atoms with Crippen LogP contribution in [0.2, 0.25) is 0 Å². The van der Waals surface area contributed by atoms with Gasteiger partial charge in [-0.3, -0.25) is 4.79 Å². The van der Waals surface area contributed by atoms with Gasteiger partial charge in [0, 0.05) is 18.7 Å². The molecule has 2 aromatic rings. The number of carbonyl (C=O) groups is 1. The Bertz CT molecular complexity index is 953. The maximum absolute atomic E-state index is 12.5. The van der Waals surface area contributed by atoms with Crippen molar-refractivity contribution in [2.45, 2.75) is 39.3 Å². The van der Waals surface area contributed by atoms with Crippen LogP contribution in [0.4, 0.5) is 5.69 Å². The van der Waals surface area contributed by atoms with Gasteiger partial charge in [-0.25, -0.2) is 0 Å². The van der Waals surface area contributed by atoms with Gasteiger partial charge < -0.3 is 19.7 Å². The van der Waals surface area contributed by atoms with Gasteiger partial charge in [-0.15, -0.1) is 0 Å². The molecule has 1 amide bonds. The van der Waals surface area contributed by atoms with Gasteiger partial charge in [-0.05, 0) is 56.1 Å². The summed E-state index contributed by atoms with van der Waals surface area (Å²) in [5.41, 5.74) is 3.27. The first-order valence-electron chi connectivity index (χ1n) is 10.6. The van der Waals surface area contributed by atoms with E-state index in [4.69, 9.17) is 17.3 Å². The van der Waals surface area contributed by atoms with Gasteiger partial charge in [0.1, 0.15) is 32.0 Å². The number of piperazine rings is 1. The normalized spacial score (nSPS) is 21.9. The van der Waals surface area contributed by atoms with Gasteiger partial charge in [0.2, 0.25) is 4.77 Å². The van der Waals surface area contributed by atoms with E-state index in [9.17, 15) is 4.79 Å². The van der Waals surface area contributed by atoms with Crippen LogP contribution < -0.4 is 15.1 Å². The number of quaternary nitrogens is 2. The second-order valence-corrected chi connectivity index (χ2v) is 8.97. The lowest BCUT2D eigenvalue weighted by molar-refractivity contribution is -1.02. The molecule has 29 heavy (non-hydrogen) atoms. The summed E-state index contributed by atoms with van der Waals surface area (Å²) in [6, 6.07) is 6.04. The molecule has 0 bridgehead atoms. The number of nitrogens with one attached hydrogen (secondary N) is 3. The van der Waals surface area contributed by atoms with Gasteiger partial charge in [-0.2, -0.15) is 9.78 Å². The Kier molecular flexibility index (Phi) is 5.85. The lowest BCUT2D eigenvalue weighted by atomic mass is 10.1. The largest absolute Gasteiger partial charge is 0.321 e. The summed E-state index contributed by atoms with van der Waals surface area (Å²) in [5, 5.41) is 7.86. The number of hydrogen-bond donors (Lipinski definition) is 3. The van der Waals surface area contributed by atoms with E-state index in [1.807, 2.05) is 23.9 Å². The zero-order valence-corrected chi connectivity index (χ0v) is 18.4. The highest BCUT2D eigenvalue weighted by Gasteiger charge is 2.30. The van der Waals surface area contributed by atoms with Crippen molar-refractivity contribution in [2.24, 2.45) is 7.05 Å². The fraction of sp³-hybridized carbons (Fsp3) is 0.571. The number of aromatic nitrogens is 3. The van der Waals surface area contributed by atoms with Crippen molar-refractivity contribution >= 4 is 23.8 Å². The summed E-state index contributed by atoms with van der Waals surface area (Å²) in [4.78, 5) is 15.3. The maximum Gasteiger partial charge on any atom is 0.279 e. The quantitative estimate of drug-likeness (QED) is 0.573. The molecular formula is C21H32N6OS+2.